The van der Waals surface area contributed by atoms with Gasteiger partial charge in [0.05, 0.1) is 16.4 Å². The van der Waals surface area contributed by atoms with Gasteiger partial charge >= 0.3 is 0 Å². The van der Waals surface area contributed by atoms with Crippen LogP contribution in [0.4, 0.5) is 34.1 Å². The zero-order valence-electron chi connectivity index (χ0n) is 36.6. The van der Waals surface area contributed by atoms with Gasteiger partial charge in [-0.25, -0.2) is 0 Å². The molecule has 68 heavy (non-hydrogen) atoms. The summed E-state index contributed by atoms with van der Waals surface area (Å²) >= 11 is 1.86. The zero-order chi connectivity index (χ0) is 44.5. The highest BCUT2D eigenvalue weighted by Gasteiger charge is 2.46. The van der Waals surface area contributed by atoms with Gasteiger partial charge in [-0.3, -0.25) is 0 Å². The van der Waals surface area contributed by atoms with Crippen LogP contribution in [0.5, 0.6) is 23.0 Å². The first kappa shape index (κ1) is 37.9. The molecule has 0 fully saturated rings. The summed E-state index contributed by atoms with van der Waals surface area (Å²) < 4.78 is 16.3. The molecule has 0 saturated heterocycles. The van der Waals surface area contributed by atoms with Crippen LogP contribution in [0.1, 0.15) is 0 Å². The molecular weight excluding hydrogens is 848 g/mol. The number of para-hydroxylation sites is 7. The van der Waals surface area contributed by atoms with Gasteiger partial charge in [-0.05, 0) is 106 Å². The van der Waals surface area contributed by atoms with E-state index in [1.54, 1.807) is 0 Å². The highest BCUT2D eigenvalue weighted by atomic mass is 32.2. The highest BCUT2D eigenvalue weighted by Crippen LogP contribution is 2.49. The fourth-order valence-electron chi connectivity index (χ4n) is 11.6. The van der Waals surface area contributed by atoms with E-state index in [2.05, 4.69) is 178 Å². The Balaban J connectivity index is 1.03. The Labute approximate surface area is 398 Å². The number of hydrogen-bond donors (Lipinski definition) is 0. The number of hydrogen-bond acceptors (Lipinski definition) is 5. The van der Waals surface area contributed by atoms with Gasteiger partial charge in [-0.1, -0.05) is 151 Å². The molecule has 0 radical (unpaired) electrons. The van der Waals surface area contributed by atoms with E-state index >= 15 is 0 Å². The van der Waals surface area contributed by atoms with Crippen molar-refractivity contribution >= 4 is 114 Å². The molecular formula is C60H37B2N3O2S. The van der Waals surface area contributed by atoms with E-state index in [1.165, 1.54) is 70.5 Å². The van der Waals surface area contributed by atoms with E-state index in [0.29, 0.717) is 0 Å². The third-order valence-corrected chi connectivity index (χ3v) is 15.4. The summed E-state index contributed by atoms with van der Waals surface area (Å²) in [4.78, 5) is 7.32. The number of aromatic nitrogens is 1. The molecule has 4 aliphatic rings. The van der Waals surface area contributed by atoms with Crippen molar-refractivity contribution < 1.29 is 9.47 Å². The summed E-state index contributed by atoms with van der Waals surface area (Å²) in [6, 6.07) is 80.7. The van der Waals surface area contributed by atoms with Gasteiger partial charge in [0.25, 0.3) is 6.71 Å². The van der Waals surface area contributed by atoms with Crippen molar-refractivity contribution in [2.45, 2.75) is 9.79 Å². The monoisotopic (exact) mass is 885 g/mol. The van der Waals surface area contributed by atoms with Crippen LogP contribution in [0.15, 0.2) is 234 Å². The highest BCUT2D eigenvalue weighted by molar-refractivity contribution is 8.00. The van der Waals surface area contributed by atoms with Gasteiger partial charge in [0.15, 0.2) is 0 Å². The van der Waals surface area contributed by atoms with Gasteiger partial charge in [0.2, 0.25) is 6.71 Å². The zero-order valence-corrected chi connectivity index (χ0v) is 37.4. The number of anilines is 6. The lowest BCUT2D eigenvalue weighted by atomic mass is 9.31. The van der Waals surface area contributed by atoms with E-state index in [-0.39, 0.29) is 13.4 Å². The van der Waals surface area contributed by atoms with Crippen molar-refractivity contribution in [1.29, 1.82) is 0 Å². The molecule has 0 N–H and O–H groups in total. The van der Waals surface area contributed by atoms with Crippen LogP contribution in [0.3, 0.4) is 0 Å². The van der Waals surface area contributed by atoms with Crippen LogP contribution in [-0.4, -0.2) is 18.0 Å². The lowest BCUT2D eigenvalue weighted by Crippen LogP contribution is -2.64. The van der Waals surface area contributed by atoms with E-state index in [4.69, 9.17) is 9.47 Å². The molecule has 8 heteroatoms. The van der Waals surface area contributed by atoms with Crippen molar-refractivity contribution in [3.8, 4) is 28.7 Å². The first-order valence-electron chi connectivity index (χ1n) is 23.2. The van der Waals surface area contributed by atoms with Gasteiger partial charge < -0.3 is 23.8 Å². The van der Waals surface area contributed by atoms with Gasteiger partial charge in [-0.2, -0.15) is 0 Å². The summed E-state index contributed by atoms with van der Waals surface area (Å²) in [6.07, 6.45) is 0. The summed E-state index contributed by atoms with van der Waals surface area (Å²) in [6.45, 7) is -0.0780. The Kier molecular flexibility index (Phi) is 8.12. The molecule has 1 aromatic heterocycles. The van der Waals surface area contributed by atoms with Crippen LogP contribution in [0.25, 0.3) is 27.5 Å². The second-order valence-corrected chi connectivity index (χ2v) is 19.0. The first-order valence-corrected chi connectivity index (χ1v) is 24.0. The Hall–Kier alpha value is -8.32. The van der Waals surface area contributed by atoms with Crippen LogP contribution in [0, 0.1) is 0 Å². The predicted octanol–water partition coefficient (Wildman–Crippen LogP) is 11.7. The quantitative estimate of drug-likeness (QED) is 0.155. The molecule has 4 aliphatic heterocycles. The Bertz CT molecular complexity index is 3870. The second-order valence-electron chi connectivity index (χ2n) is 17.9. The lowest BCUT2D eigenvalue weighted by molar-refractivity contribution is 0.481. The predicted molar refractivity (Wildman–Crippen MR) is 283 cm³/mol. The minimum Gasteiger partial charge on any atom is -0.457 e. The lowest BCUT2D eigenvalue weighted by Gasteiger charge is -2.42. The maximum Gasteiger partial charge on any atom is 0.252 e. The molecule has 5 nitrogen and oxygen atoms in total. The average molecular weight is 886 g/mol. The van der Waals surface area contributed by atoms with Crippen molar-refractivity contribution in [2.75, 3.05) is 9.80 Å². The number of ether oxygens (including phenoxy) is 2. The molecule has 0 amide bonds. The Morgan fingerprint density at radius 1 is 0.368 bits per heavy atom. The van der Waals surface area contributed by atoms with Gasteiger partial charge in [0, 0.05) is 67.1 Å². The maximum atomic E-state index is 7.04. The molecule has 316 valence electrons. The summed E-state index contributed by atoms with van der Waals surface area (Å²) in [5.41, 5.74) is 18.2. The third kappa shape index (κ3) is 5.43. The van der Waals surface area contributed by atoms with Gasteiger partial charge in [-0.15, -0.1) is 0 Å². The summed E-state index contributed by atoms with van der Waals surface area (Å²) in [5.74, 6) is 3.26. The number of fused-ring (bicyclic) bond motifs is 12. The van der Waals surface area contributed by atoms with E-state index in [0.717, 1.165) is 56.7 Å². The molecule has 0 aliphatic carbocycles. The van der Waals surface area contributed by atoms with Crippen molar-refractivity contribution in [3.63, 3.8) is 0 Å². The van der Waals surface area contributed by atoms with Crippen molar-refractivity contribution in [1.82, 2.24) is 4.57 Å². The largest absolute Gasteiger partial charge is 0.457 e. The number of benzene rings is 10. The molecule has 11 aromatic rings. The standard InChI is InChI=1S/C60H37B2N3O2S/c1-5-19-38(20-6-1)63-50-32-18-15-29-45(50)62-47-35-46-51(37-55(47)68-56-34-42(33-52(63)58(56)62)66-40-23-9-3-10-24-40)65-48-30-16-13-27-43(48)57-54(67-41-25-11-4-12-26-41)36-53-59(60(57)65)61(46)44-28-14-17-31-49(44)64(53)39-21-7-2-8-22-39/h1-37H. The average Bonchev–Trinajstić information content (AvgIpc) is 3.75. The van der Waals surface area contributed by atoms with E-state index in [9.17, 15) is 0 Å². The minimum absolute atomic E-state index is 0.0212. The van der Waals surface area contributed by atoms with Crippen LogP contribution >= 0.6 is 11.8 Å². The van der Waals surface area contributed by atoms with Crippen LogP contribution < -0.4 is 52.1 Å². The van der Waals surface area contributed by atoms with E-state index < -0.39 is 0 Å². The molecule has 0 unspecified atom stereocenters. The molecule has 0 spiro atoms. The van der Waals surface area contributed by atoms with Crippen LogP contribution in [0.2, 0.25) is 0 Å². The Morgan fingerprint density at radius 2 is 0.912 bits per heavy atom. The molecule has 0 bridgehead atoms. The van der Waals surface area contributed by atoms with E-state index in [1.807, 2.05) is 72.4 Å². The SMILES string of the molecule is c1ccc(Oc2cc3c4c(c2)N(c2ccccc2)c2ccccc2B4c2cc4c(cc2S3)-n2c3ccccc3c3c(Oc5ccccc5)cc5c(c32)B4c2ccccc2N5c2ccccc2)cc1. The van der Waals surface area contributed by atoms with Crippen molar-refractivity contribution in [2.24, 2.45) is 0 Å². The van der Waals surface area contributed by atoms with Gasteiger partial charge in [0.1, 0.15) is 23.0 Å². The third-order valence-electron chi connectivity index (χ3n) is 14.3. The molecule has 5 heterocycles. The fourth-order valence-corrected chi connectivity index (χ4v) is 12.9. The van der Waals surface area contributed by atoms with Crippen LogP contribution in [-0.2, 0) is 0 Å². The number of nitrogens with zero attached hydrogens (tertiary/aromatic N) is 3. The Morgan fingerprint density at radius 3 is 1.57 bits per heavy atom. The first-order chi connectivity index (χ1) is 33.7. The number of rotatable bonds is 6. The molecule has 10 aromatic carbocycles. The molecule has 15 rings (SSSR count). The summed E-state index contributed by atoms with van der Waals surface area (Å²) in [7, 11) is 0. The van der Waals surface area contributed by atoms with Crippen molar-refractivity contribution in [3.05, 3.63) is 224 Å². The maximum absolute atomic E-state index is 7.04. The normalized spacial score (nSPS) is 13.4. The second kappa shape index (κ2) is 14.6. The summed E-state index contributed by atoms with van der Waals surface area (Å²) in [5, 5.41) is 2.29. The fraction of sp³-hybridized carbons (Fsp3) is 0. The molecule has 0 atom stereocenters. The molecule has 0 saturated carbocycles. The topological polar surface area (TPSA) is 29.9 Å². The smallest absolute Gasteiger partial charge is 0.252 e. The minimum atomic E-state index is -0.0567.